The number of anilines is 3. The molecule has 0 saturated carbocycles. The average molecular weight is 392 g/mol. The normalized spacial score (nSPS) is 18.4. The van der Waals surface area contributed by atoms with Crippen LogP contribution in [0.1, 0.15) is 24.1 Å². The van der Waals surface area contributed by atoms with Crippen molar-refractivity contribution in [1.29, 1.82) is 0 Å². The molecule has 0 radical (unpaired) electrons. The van der Waals surface area contributed by atoms with Gasteiger partial charge in [0.25, 0.3) is 0 Å². The third-order valence-electron chi connectivity index (χ3n) is 5.31. The molecule has 0 amide bonds. The second kappa shape index (κ2) is 8.18. The maximum absolute atomic E-state index is 5.74. The minimum absolute atomic E-state index is 0.261. The molecule has 0 aliphatic carbocycles. The van der Waals surface area contributed by atoms with E-state index in [-0.39, 0.29) is 6.10 Å². The molecule has 1 fully saturated rings. The summed E-state index contributed by atoms with van der Waals surface area (Å²) < 4.78 is 11.1. The first-order valence-corrected chi connectivity index (χ1v) is 10.1. The SMILES string of the molecule is c1ncc(-c2ccc(Nc3nc4c(c(NC[C@H]5CCCO5)n3)CNCC4)cc2)o1. The van der Waals surface area contributed by atoms with Crippen LogP contribution in [-0.2, 0) is 17.7 Å². The Labute approximate surface area is 169 Å². The summed E-state index contributed by atoms with van der Waals surface area (Å²) >= 11 is 0. The minimum Gasteiger partial charge on any atom is -0.444 e. The van der Waals surface area contributed by atoms with Gasteiger partial charge < -0.3 is 25.1 Å². The van der Waals surface area contributed by atoms with E-state index in [4.69, 9.17) is 19.1 Å². The molecule has 8 heteroatoms. The van der Waals surface area contributed by atoms with Gasteiger partial charge in [-0.25, -0.2) is 9.97 Å². The summed E-state index contributed by atoms with van der Waals surface area (Å²) in [5, 5.41) is 10.2. The Kier molecular flexibility index (Phi) is 5.10. The maximum Gasteiger partial charge on any atom is 0.229 e. The van der Waals surface area contributed by atoms with Gasteiger partial charge in [-0.2, -0.15) is 4.98 Å². The highest BCUT2D eigenvalue weighted by Gasteiger charge is 2.20. The van der Waals surface area contributed by atoms with Crippen LogP contribution in [0.4, 0.5) is 17.5 Å². The van der Waals surface area contributed by atoms with Gasteiger partial charge in [0.05, 0.1) is 18.0 Å². The fourth-order valence-electron chi connectivity index (χ4n) is 3.77. The van der Waals surface area contributed by atoms with Gasteiger partial charge in [0, 0.05) is 49.5 Å². The molecule has 3 aromatic rings. The van der Waals surface area contributed by atoms with Crippen molar-refractivity contribution in [3.8, 4) is 11.3 Å². The Balaban J connectivity index is 1.35. The molecule has 8 nitrogen and oxygen atoms in total. The molecule has 2 aliphatic heterocycles. The summed E-state index contributed by atoms with van der Waals surface area (Å²) in [6, 6.07) is 7.95. The zero-order valence-electron chi connectivity index (χ0n) is 16.1. The topological polar surface area (TPSA) is 97.1 Å². The highest BCUT2D eigenvalue weighted by atomic mass is 16.5. The molecule has 1 saturated heterocycles. The minimum atomic E-state index is 0.261. The van der Waals surface area contributed by atoms with Crippen molar-refractivity contribution >= 4 is 17.5 Å². The fourth-order valence-corrected chi connectivity index (χ4v) is 3.77. The quantitative estimate of drug-likeness (QED) is 0.589. The molecule has 150 valence electrons. The molecule has 29 heavy (non-hydrogen) atoms. The van der Waals surface area contributed by atoms with Crippen molar-refractivity contribution in [2.24, 2.45) is 0 Å². The number of oxazole rings is 1. The molecular weight excluding hydrogens is 368 g/mol. The zero-order chi connectivity index (χ0) is 19.5. The Hall–Kier alpha value is -2.97. The number of nitrogens with one attached hydrogen (secondary N) is 3. The summed E-state index contributed by atoms with van der Waals surface area (Å²) in [6.45, 7) is 3.34. The number of ether oxygens (including phenoxy) is 1. The van der Waals surface area contributed by atoms with E-state index in [0.717, 1.165) is 79.6 Å². The summed E-state index contributed by atoms with van der Waals surface area (Å²) in [4.78, 5) is 13.5. The Morgan fingerprint density at radius 2 is 2.10 bits per heavy atom. The average Bonchev–Trinajstić information content (AvgIpc) is 3.47. The van der Waals surface area contributed by atoms with Gasteiger partial charge in [-0.05, 0) is 37.1 Å². The number of fused-ring (bicyclic) bond motifs is 1. The monoisotopic (exact) mass is 392 g/mol. The summed E-state index contributed by atoms with van der Waals surface area (Å²) in [6.07, 6.45) is 6.52. The first-order valence-electron chi connectivity index (χ1n) is 10.1. The molecule has 4 heterocycles. The van der Waals surface area contributed by atoms with E-state index in [1.165, 1.54) is 6.39 Å². The molecule has 2 aliphatic rings. The van der Waals surface area contributed by atoms with Crippen molar-refractivity contribution < 1.29 is 9.15 Å². The lowest BCUT2D eigenvalue weighted by molar-refractivity contribution is 0.120. The van der Waals surface area contributed by atoms with Crippen molar-refractivity contribution in [3.05, 3.63) is 48.1 Å². The van der Waals surface area contributed by atoms with Crippen LogP contribution in [0.5, 0.6) is 0 Å². The van der Waals surface area contributed by atoms with Gasteiger partial charge in [-0.3, -0.25) is 0 Å². The van der Waals surface area contributed by atoms with E-state index >= 15 is 0 Å². The van der Waals surface area contributed by atoms with Gasteiger partial charge in [0.1, 0.15) is 5.82 Å². The highest BCUT2D eigenvalue weighted by molar-refractivity contribution is 5.64. The van der Waals surface area contributed by atoms with Gasteiger partial charge in [-0.1, -0.05) is 0 Å². The van der Waals surface area contributed by atoms with Gasteiger partial charge in [0.15, 0.2) is 12.2 Å². The van der Waals surface area contributed by atoms with Crippen molar-refractivity contribution in [2.45, 2.75) is 31.9 Å². The molecule has 1 aromatic carbocycles. The van der Waals surface area contributed by atoms with Crippen molar-refractivity contribution in [2.75, 3.05) is 30.3 Å². The summed E-state index contributed by atoms with van der Waals surface area (Å²) in [5.74, 6) is 2.24. The van der Waals surface area contributed by atoms with Crippen LogP contribution in [0.3, 0.4) is 0 Å². The van der Waals surface area contributed by atoms with E-state index in [1.807, 2.05) is 24.3 Å². The second-order valence-corrected chi connectivity index (χ2v) is 7.33. The van der Waals surface area contributed by atoms with Gasteiger partial charge in [0.2, 0.25) is 5.95 Å². The number of hydrogen-bond donors (Lipinski definition) is 3. The van der Waals surface area contributed by atoms with E-state index in [1.54, 1.807) is 6.20 Å². The van der Waals surface area contributed by atoms with Crippen molar-refractivity contribution in [3.63, 3.8) is 0 Å². The van der Waals surface area contributed by atoms with Gasteiger partial charge in [-0.15, -0.1) is 0 Å². The highest BCUT2D eigenvalue weighted by Crippen LogP contribution is 2.26. The molecule has 5 rings (SSSR count). The van der Waals surface area contributed by atoms with Crippen molar-refractivity contribution in [1.82, 2.24) is 20.3 Å². The van der Waals surface area contributed by atoms with Crippen LogP contribution in [0.25, 0.3) is 11.3 Å². The second-order valence-electron chi connectivity index (χ2n) is 7.33. The number of nitrogens with zero attached hydrogens (tertiary/aromatic N) is 3. The molecule has 0 bridgehead atoms. The smallest absolute Gasteiger partial charge is 0.229 e. The van der Waals surface area contributed by atoms with Crippen LogP contribution in [0.2, 0.25) is 0 Å². The summed E-state index contributed by atoms with van der Waals surface area (Å²) in [7, 11) is 0. The van der Waals surface area contributed by atoms with E-state index in [9.17, 15) is 0 Å². The lowest BCUT2D eigenvalue weighted by Gasteiger charge is -2.22. The first-order chi connectivity index (χ1) is 14.3. The number of aromatic nitrogens is 3. The van der Waals surface area contributed by atoms with Crippen LogP contribution in [0, 0.1) is 0 Å². The Bertz CT molecular complexity index is 952. The third kappa shape index (κ3) is 4.08. The predicted molar refractivity (Wildman–Crippen MR) is 110 cm³/mol. The van der Waals surface area contributed by atoms with Gasteiger partial charge >= 0.3 is 0 Å². The van der Waals surface area contributed by atoms with E-state index < -0.39 is 0 Å². The molecular formula is C21H24N6O2. The fraction of sp³-hybridized carbons (Fsp3) is 0.381. The van der Waals surface area contributed by atoms with Crippen LogP contribution < -0.4 is 16.0 Å². The van der Waals surface area contributed by atoms with E-state index in [0.29, 0.717) is 5.95 Å². The lowest BCUT2D eigenvalue weighted by Crippen LogP contribution is -2.28. The molecule has 0 unspecified atom stereocenters. The number of rotatable bonds is 6. The standard InChI is InChI=1S/C21H24N6O2/c1-2-16(28-9-1)10-24-20-17-11-22-8-7-18(17)26-21(27-20)25-15-5-3-14(4-6-15)19-12-23-13-29-19/h3-6,12-13,16,22H,1-2,7-11H2,(H2,24,25,26,27)/t16-/m1/s1. The number of hydrogen-bond acceptors (Lipinski definition) is 8. The Morgan fingerprint density at radius 1 is 1.17 bits per heavy atom. The molecule has 2 aromatic heterocycles. The van der Waals surface area contributed by atoms with E-state index in [2.05, 4.69) is 20.9 Å². The van der Waals surface area contributed by atoms with Crippen LogP contribution in [0.15, 0.2) is 41.3 Å². The largest absolute Gasteiger partial charge is 0.444 e. The molecule has 3 N–H and O–H groups in total. The zero-order valence-corrected chi connectivity index (χ0v) is 16.1. The summed E-state index contributed by atoms with van der Waals surface area (Å²) in [5.41, 5.74) is 4.14. The molecule has 0 spiro atoms. The maximum atomic E-state index is 5.74. The Morgan fingerprint density at radius 3 is 2.90 bits per heavy atom. The lowest BCUT2D eigenvalue weighted by atomic mass is 10.1. The van der Waals surface area contributed by atoms with Crippen LogP contribution >= 0.6 is 0 Å². The predicted octanol–water partition coefficient (Wildman–Crippen LogP) is 3.11. The third-order valence-corrected chi connectivity index (χ3v) is 5.31. The van der Waals surface area contributed by atoms with Crippen LogP contribution in [-0.4, -0.2) is 40.8 Å². The first kappa shape index (κ1) is 18.1. The number of benzene rings is 1. The molecule has 1 atom stereocenters.